The maximum atomic E-state index is 12.0. The second-order valence-electron chi connectivity index (χ2n) is 6.32. The Morgan fingerprint density at radius 1 is 0.875 bits per heavy atom. The number of ether oxygens (including phenoxy) is 4. The Hall–Kier alpha value is -2.32. The Balaban J connectivity index is 2.98. The normalized spacial score (nSPS) is 23.5. The molecular weight excluding hydrogens is 322 g/mol. The number of alkyl carbamates (subject to hydrolysis) is 1. The third kappa shape index (κ3) is 4.59. The van der Waals surface area contributed by atoms with Crippen molar-refractivity contribution >= 4 is 24.0 Å². The highest BCUT2D eigenvalue weighted by Gasteiger charge is 2.65. The molecule has 0 aliphatic heterocycles. The molecule has 9 nitrogen and oxygen atoms in total. The van der Waals surface area contributed by atoms with Gasteiger partial charge in [-0.25, -0.2) is 9.59 Å². The summed E-state index contributed by atoms with van der Waals surface area (Å²) in [4.78, 5) is 47.6. The first-order chi connectivity index (χ1) is 11.1. The zero-order valence-electron chi connectivity index (χ0n) is 14.6. The molecule has 0 aromatic heterocycles. The van der Waals surface area contributed by atoms with Gasteiger partial charge in [-0.3, -0.25) is 9.59 Å². The fourth-order valence-corrected chi connectivity index (χ4v) is 2.50. The largest absolute Gasteiger partial charge is 0.469 e. The number of esters is 3. The van der Waals surface area contributed by atoms with Crippen molar-refractivity contribution in [1.29, 1.82) is 0 Å². The van der Waals surface area contributed by atoms with Gasteiger partial charge in [0.05, 0.1) is 33.2 Å². The summed E-state index contributed by atoms with van der Waals surface area (Å²) in [6, 6.07) is -1.24. The van der Waals surface area contributed by atoms with Crippen LogP contribution in [0, 0.1) is 17.8 Å². The van der Waals surface area contributed by atoms with Gasteiger partial charge in [-0.1, -0.05) is 0 Å². The fourth-order valence-electron chi connectivity index (χ4n) is 2.50. The van der Waals surface area contributed by atoms with E-state index < -0.39 is 53.4 Å². The summed E-state index contributed by atoms with van der Waals surface area (Å²) < 4.78 is 19.0. The molecule has 3 atom stereocenters. The minimum absolute atomic E-state index is 0.671. The molecule has 9 heteroatoms. The number of methoxy groups -OCH3 is 3. The average Bonchev–Trinajstić information content (AvgIpc) is 3.23. The van der Waals surface area contributed by atoms with Crippen molar-refractivity contribution in [1.82, 2.24) is 5.32 Å². The van der Waals surface area contributed by atoms with E-state index in [1.165, 1.54) is 14.2 Å². The summed E-state index contributed by atoms with van der Waals surface area (Å²) in [7, 11) is 3.47. The molecule has 0 saturated heterocycles. The summed E-state index contributed by atoms with van der Waals surface area (Å²) in [5.41, 5.74) is -0.780. The number of nitrogens with one attached hydrogen (secondary N) is 1. The quantitative estimate of drug-likeness (QED) is 0.557. The van der Waals surface area contributed by atoms with Gasteiger partial charge >= 0.3 is 24.0 Å². The Morgan fingerprint density at radius 2 is 1.33 bits per heavy atom. The highest BCUT2D eigenvalue weighted by molar-refractivity contribution is 5.92. The molecule has 0 radical (unpaired) electrons. The molecule has 0 bridgehead atoms. The average molecular weight is 345 g/mol. The van der Waals surface area contributed by atoms with Gasteiger partial charge in [-0.05, 0) is 20.8 Å². The van der Waals surface area contributed by atoms with E-state index in [1.807, 2.05) is 0 Å². The first kappa shape index (κ1) is 19.7. The molecule has 1 amide bonds. The molecule has 1 saturated carbocycles. The molecule has 1 N–H and O–H groups in total. The lowest BCUT2D eigenvalue weighted by molar-refractivity contribution is -0.148. The molecule has 1 aliphatic rings. The van der Waals surface area contributed by atoms with E-state index in [0.29, 0.717) is 0 Å². The monoisotopic (exact) mass is 345 g/mol. The summed E-state index contributed by atoms with van der Waals surface area (Å²) in [6.07, 6.45) is -0.864. The highest BCUT2D eigenvalue weighted by Crippen LogP contribution is 2.50. The zero-order chi connectivity index (χ0) is 18.7. The van der Waals surface area contributed by atoms with E-state index in [1.54, 1.807) is 20.8 Å². The van der Waals surface area contributed by atoms with Crippen LogP contribution in [0.5, 0.6) is 0 Å². The fraction of sp³-hybridized carbons (Fsp3) is 0.733. The predicted molar refractivity (Wildman–Crippen MR) is 79.7 cm³/mol. The number of amides is 1. The maximum Gasteiger partial charge on any atom is 0.408 e. The van der Waals surface area contributed by atoms with Crippen LogP contribution in [-0.4, -0.2) is 57.0 Å². The van der Waals surface area contributed by atoms with E-state index >= 15 is 0 Å². The summed E-state index contributed by atoms with van der Waals surface area (Å²) in [5, 5.41) is 2.35. The van der Waals surface area contributed by atoms with Crippen LogP contribution in [0.25, 0.3) is 0 Å². The summed E-state index contributed by atoms with van der Waals surface area (Å²) in [6.45, 7) is 4.97. The van der Waals surface area contributed by atoms with Gasteiger partial charge < -0.3 is 24.3 Å². The second kappa shape index (κ2) is 7.50. The van der Waals surface area contributed by atoms with Crippen molar-refractivity contribution in [3.8, 4) is 0 Å². The SMILES string of the molecule is COC(=O)[C@@H](NC(=O)OC(C)(C)C)C1[C@H](C(=O)OC)[C@H]1C(=O)OC. The van der Waals surface area contributed by atoms with Crippen molar-refractivity contribution in [3.05, 3.63) is 0 Å². The molecule has 0 unspecified atom stereocenters. The molecule has 24 heavy (non-hydrogen) atoms. The number of hydrogen-bond donors (Lipinski definition) is 1. The van der Waals surface area contributed by atoms with Crippen LogP contribution >= 0.6 is 0 Å². The van der Waals surface area contributed by atoms with Gasteiger partial charge in [0.2, 0.25) is 0 Å². The topological polar surface area (TPSA) is 117 Å². The van der Waals surface area contributed by atoms with Gasteiger partial charge in [0.1, 0.15) is 11.6 Å². The van der Waals surface area contributed by atoms with Gasteiger partial charge in [0.25, 0.3) is 0 Å². The van der Waals surface area contributed by atoms with Crippen molar-refractivity contribution in [2.45, 2.75) is 32.4 Å². The summed E-state index contributed by atoms with van der Waals surface area (Å²) in [5.74, 6) is -4.77. The first-order valence-electron chi connectivity index (χ1n) is 7.30. The van der Waals surface area contributed by atoms with E-state index in [4.69, 9.17) is 4.74 Å². The van der Waals surface area contributed by atoms with Crippen LogP contribution in [0.4, 0.5) is 4.79 Å². The second-order valence-corrected chi connectivity index (χ2v) is 6.32. The molecule has 0 heterocycles. The van der Waals surface area contributed by atoms with Crippen molar-refractivity contribution in [3.63, 3.8) is 0 Å². The van der Waals surface area contributed by atoms with Crippen molar-refractivity contribution < 1.29 is 38.1 Å². The van der Waals surface area contributed by atoms with E-state index in [-0.39, 0.29) is 0 Å². The van der Waals surface area contributed by atoms with Crippen LogP contribution in [0.1, 0.15) is 20.8 Å². The van der Waals surface area contributed by atoms with Gasteiger partial charge in [0, 0.05) is 5.92 Å². The smallest absolute Gasteiger partial charge is 0.408 e. The van der Waals surface area contributed by atoms with E-state index in [2.05, 4.69) is 19.5 Å². The van der Waals surface area contributed by atoms with E-state index in [0.717, 1.165) is 7.11 Å². The van der Waals surface area contributed by atoms with Crippen molar-refractivity contribution in [2.24, 2.45) is 17.8 Å². The van der Waals surface area contributed by atoms with Crippen LogP contribution in [0.2, 0.25) is 0 Å². The standard InChI is InChI=1S/C15H23NO8/c1-15(2,3)24-14(20)16-10(13(19)23-6)7-8(11(17)21-4)9(7)12(18)22-5/h7-10H,1-6H3,(H,16,20)/t8-,9-,10-/m0/s1. The van der Waals surface area contributed by atoms with Crippen LogP contribution < -0.4 is 5.32 Å². The van der Waals surface area contributed by atoms with Gasteiger partial charge in [-0.2, -0.15) is 0 Å². The number of hydrogen-bond acceptors (Lipinski definition) is 8. The molecule has 1 rings (SSSR count). The predicted octanol–water partition coefficient (Wildman–Crippen LogP) is 0.261. The highest BCUT2D eigenvalue weighted by atomic mass is 16.6. The Bertz CT molecular complexity index is 502. The third-order valence-corrected chi connectivity index (χ3v) is 3.53. The third-order valence-electron chi connectivity index (χ3n) is 3.53. The molecule has 0 aromatic carbocycles. The maximum absolute atomic E-state index is 12.0. The molecular formula is C15H23NO8. The molecule has 136 valence electrons. The Morgan fingerprint density at radius 3 is 1.67 bits per heavy atom. The minimum Gasteiger partial charge on any atom is -0.469 e. The molecule has 0 aromatic rings. The number of carbonyl (C=O) groups excluding carboxylic acids is 4. The van der Waals surface area contributed by atoms with Crippen LogP contribution in [0.3, 0.4) is 0 Å². The lowest BCUT2D eigenvalue weighted by Crippen LogP contribution is -2.46. The lowest BCUT2D eigenvalue weighted by atomic mass is 10.1. The van der Waals surface area contributed by atoms with E-state index in [9.17, 15) is 19.2 Å². The van der Waals surface area contributed by atoms with Gasteiger partial charge in [0.15, 0.2) is 0 Å². The van der Waals surface area contributed by atoms with Crippen molar-refractivity contribution in [2.75, 3.05) is 21.3 Å². The lowest BCUT2D eigenvalue weighted by Gasteiger charge is -2.22. The van der Waals surface area contributed by atoms with Gasteiger partial charge in [-0.15, -0.1) is 0 Å². The molecule has 0 spiro atoms. The molecule has 1 fully saturated rings. The Labute approximate surface area is 139 Å². The molecule has 1 aliphatic carbocycles. The Kier molecular flexibility index (Phi) is 6.16. The summed E-state index contributed by atoms with van der Waals surface area (Å²) >= 11 is 0. The van der Waals surface area contributed by atoms with Crippen LogP contribution in [0.15, 0.2) is 0 Å². The first-order valence-corrected chi connectivity index (χ1v) is 7.30. The van der Waals surface area contributed by atoms with Crippen LogP contribution in [-0.2, 0) is 33.3 Å². The number of carbonyl (C=O) groups is 4. The minimum atomic E-state index is -1.24. The number of rotatable bonds is 5. The zero-order valence-corrected chi connectivity index (χ0v) is 14.6.